The van der Waals surface area contributed by atoms with Gasteiger partial charge in [-0.2, -0.15) is 0 Å². The van der Waals surface area contributed by atoms with Gasteiger partial charge in [0.15, 0.2) is 5.78 Å². The van der Waals surface area contributed by atoms with Gasteiger partial charge < -0.3 is 0 Å². The number of thioether (sulfide) groups is 1. The SMILES string of the molecule is Cc1ccc(C(=O)CSc2nnnn2C2CCCC2)cc1C. The summed E-state index contributed by atoms with van der Waals surface area (Å²) in [5.74, 6) is 0.490. The van der Waals surface area contributed by atoms with Gasteiger partial charge >= 0.3 is 0 Å². The Morgan fingerprint density at radius 1 is 1.27 bits per heavy atom. The molecule has 0 radical (unpaired) electrons. The molecule has 1 fully saturated rings. The first-order valence-electron chi connectivity index (χ1n) is 7.66. The molecule has 1 aliphatic carbocycles. The quantitative estimate of drug-likeness (QED) is 0.625. The molecule has 1 aromatic heterocycles. The topological polar surface area (TPSA) is 60.7 Å². The average molecular weight is 316 g/mol. The minimum atomic E-state index is 0.120. The van der Waals surface area contributed by atoms with E-state index < -0.39 is 0 Å². The van der Waals surface area contributed by atoms with Crippen LogP contribution in [0.4, 0.5) is 0 Å². The number of carbonyl (C=O) groups excluding carboxylic acids is 1. The zero-order valence-corrected chi connectivity index (χ0v) is 13.8. The van der Waals surface area contributed by atoms with Gasteiger partial charge in [-0.25, -0.2) is 4.68 Å². The Morgan fingerprint density at radius 3 is 2.77 bits per heavy atom. The van der Waals surface area contributed by atoms with Crippen LogP contribution in [0, 0.1) is 13.8 Å². The molecular formula is C16H20N4OS. The Bertz CT molecular complexity index is 677. The molecule has 1 aliphatic rings. The van der Waals surface area contributed by atoms with E-state index in [-0.39, 0.29) is 5.78 Å². The van der Waals surface area contributed by atoms with Gasteiger partial charge in [0.2, 0.25) is 5.16 Å². The van der Waals surface area contributed by atoms with Crippen molar-refractivity contribution < 1.29 is 4.79 Å². The van der Waals surface area contributed by atoms with Crippen LogP contribution >= 0.6 is 11.8 Å². The van der Waals surface area contributed by atoms with Crippen LogP contribution < -0.4 is 0 Å². The van der Waals surface area contributed by atoms with Crippen molar-refractivity contribution in [1.29, 1.82) is 0 Å². The number of benzene rings is 1. The van der Waals surface area contributed by atoms with Crippen molar-refractivity contribution in [2.45, 2.75) is 50.7 Å². The van der Waals surface area contributed by atoms with E-state index >= 15 is 0 Å². The summed E-state index contributed by atoms with van der Waals surface area (Å²) in [4.78, 5) is 12.3. The van der Waals surface area contributed by atoms with E-state index in [9.17, 15) is 4.79 Å². The van der Waals surface area contributed by atoms with Crippen LogP contribution in [-0.4, -0.2) is 31.7 Å². The second kappa shape index (κ2) is 6.60. The predicted molar refractivity (Wildman–Crippen MR) is 86.3 cm³/mol. The van der Waals surface area contributed by atoms with Crippen LogP contribution in [-0.2, 0) is 0 Å². The molecule has 0 N–H and O–H groups in total. The molecule has 0 amide bonds. The standard InChI is InChI=1S/C16H20N4OS/c1-11-7-8-13(9-12(11)2)15(21)10-22-16-17-18-19-20(16)14-5-3-4-6-14/h7-9,14H,3-6,10H2,1-2H3. The number of Topliss-reactive ketones (excluding diaryl/α,β-unsaturated/α-hetero) is 1. The highest BCUT2D eigenvalue weighted by molar-refractivity contribution is 7.99. The van der Waals surface area contributed by atoms with Crippen LogP contribution in [0.2, 0.25) is 0 Å². The summed E-state index contributed by atoms with van der Waals surface area (Å²) in [6, 6.07) is 6.24. The van der Waals surface area contributed by atoms with Gasteiger partial charge in [-0.1, -0.05) is 36.7 Å². The molecule has 6 heteroatoms. The van der Waals surface area contributed by atoms with E-state index in [1.807, 2.05) is 36.7 Å². The third kappa shape index (κ3) is 3.21. The number of ketones is 1. The third-order valence-corrected chi connectivity index (χ3v) is 5.23. The number of carbonyl (C=O) groups is 1. The van der Waals surface area contributed by atoms with E-state index in [4.69, 9.17) is 0 Å². The van der Waals surface area contributed by atoms with Crippen molar-refractivity contribution in [3.63, 3.8) is 0 Å². The van der Waals surface area contributed by atoms with E-state index in [0.29, 0.717) is 11.8 Å². The Labute approximate surface area is 134 Å². The van der Waals surface area contributed by atoms with Gasteiger partial charge in [-0.05, 0) is 54.3 Å². The zero-order chi connectivity index (χ0) is 15.5. The highest BCUT2D eigenvalue weighted by atomic mass is 32.2. The number of nitrogens with zero attached hydrogens (tertiary/aromatic N) is 4. The van der Waals surface area contributed by atoms with Crippen LogP contribution in [0.3, 0.4) is 0 Å². The van der Waals surface area contributed by atoms with Crippen molar-refractivity contribution >= 4 is 17.5 Å². The highest BCUT2D eigenvalue weighted by Crippen LogP contribution is 2.31. The number of tetrazole rings is 1. The summed E-state index contributed by atoms with van der Waals surface area (Å²) in [6.45, 7) is 4.08. The van der Waals surface area contributed by atoms with Gasteiger partial charge in [0.25, 0.3) is 0 Å². The van der Waals surface area contributed by atoms with Crippen molar-refractivity contribution in [3.05, 3.63) is 34.9 Å². The molecule has 116 valence electrons. The lowest BCUT2D eigenvalue weighted by molar-refractivity contribution is 0.102. The monoisotopic (exact) mass is 316 g/mol. The van der Waals surface area contributed by atoms with Crippen molar-refractivity contribution in [2.24, 2.45) is 0 Å². The fourth-order valence-electron chi connectivity index (χ4n) is 2.79. The number of aryl methyl sites for hydroxylation is 2. The third-order valence-electron chi connectivity index (χ3n) is 4.29. The summed E-state index contributed by atoms with van der Waals surface area (Å²) < 4.78 is 1.89. The fraction of sp³-hybridized carbons (Fsp3) is 0.500. The largest absolute Gasteiger partial charge is 0.293 e. The Hall–Kier alpha value is -1.69. The Kier molecular flexibility index (Phi) is 4.57. The first-order valence-corrected chi connectivity index (χ1v) is 8.65. The summed E-state index contributed by atoms with van der Waals surface area (Å²) in [5, 5.41) is 12.7. The van der Waals surface area contributed by atoms with Crippen LogP contribution in [0.25, 0.3) is 0 Å². The van der Waals surface area contributed by atoms with Gasteiger partial charge in [0.05, 0.1) is 11.8 Å². The molecule has 0 spiro atoms. The minimum absolute atomic E-state index is 0.120. The molecule has 0 bridgehead atoms. The van der Waals surface area contributed by atoms with Gasteiger partial charge in [0.1, 0.15) is 0 Å². The molecule has 3 rings (SSSR count). The van der Waals surface area contributed by atoms with Gasteiger partial charge in [0, 0.05) is 5.56 Å². The number of hydrogen-bond donors (Lipinski definition) is 0. The lowest BCUT2D eigenvalue weighted by Crippen LogP contribution is -2.10. The maximum atomic E-state index is 12.3. The first kappa shape index (κ1) is 15.2. The molecule has 5 nitrogen and oxygen atoms in total. The Morgan fingerprint density at radius 2 is 2.05 bits per heavy atom. The molecule has 0 atom stereocenters. The molecule has 0 unspecified atom stereocenters. The lowest BCUT2D eigenvalue weighted by atomic mass is 10.0. The first-order chi connectivity index (χ1) is 10.6. The molecule has 2 aromatic rings. The molecule has 22 heavy (non-hydrogen) atoms. The summed E-state index contributed by atoms with van der Waals surface area (Å²) in [6.07, 6.45) is 4.72. The predicted octanol–water partition coefficient (Wildman–Crippen LogP) is 3.38. The second-order valence-electron chi connectivity index (χ2n) is 5.86. The highest BCUT2D eigenvalue weighted by Gasteiger charge is 2.22. The molecule has 1 aromatic carbocycles. The maximum absolute atomic E-state index is 12.3. The smallest absolute Gasteiger partial charge is 0.210 e. The second-order valence-corrected chi connectivity index (χ2v) is 6.80. The lowest BCUT2D eigenvalue weighted by Gasteiger charge is -2.10. The molecule has 0 saturated heterocycles. The summed E-state index contributed by atoms with van der Waals surface area (Å²) >= 11 is 1.43. The maximum Gasteiger partial charge on any atom is 0.210 e. The van der Waals surface area contributed by atoms with E-state index in [1.54, 1.807) is 0 Å². The van der Waals surface area contributed by atoms with Gasteiger partial charge in [-0.3, -0.25) is 4.79 Å². The summed E-state index contributed by atoms with van der Waals surface area (Å²) in [5.41, 5.74) is 3.11. The average Bonchev–Trinajstić information content (AvgIpc) is 3.17. The van der Waals surface area contributed by atoms with E-state index in [0.717, 1.165) is 29.1 Å². The molecule has 1 heterocycles. The fourth-order valence-corrected chi connectivity index (χ4v) is 3.63. The van der Waals surface area contributed by atoms with Crippen LogP contribution in [0.5, 0.6) is 0 Å². The minimum Gasteiger partial charge on any atom is -0.293 e. The van der Waals surface area contributed by atoms with Gasteiger partial charge in [-0.15, -0.1) is 5.10 Å². The van der Waals surface area contributed by atoms with E-state index in [2.05, 4.69) is 15.5 Å². The van der Waals surface area contributed by atoms with Crippen molar-refractivity contribution in [1.82, 2.24) is 20.2 Å². The molecule has 0 aliphatic heterocycles. The Balaban J connectivity index is 1.66. The number of rotatable bonds is 5. The number of aromatic nitrogens is 4. The van der Waals surface area contributed by atoms with E-state index in [1.165, 1.54) is 30.2 Å². The van der Waals surface area contributed by atoms with Crippen molar-refractivity contribution in [2.75, 3.05) is 5.75 Å². The zero-order valence-electron chi connectivity index (χ0n) is 13.0. The molecular weight excluding hydrogens is 296 g/mol. The number of hydrogen-bond acceptors (Lipinski definition) is 5. The molecule has 1 saturated carbocycles. The van der Waals surface area contributed by atoms with Crippen LogP contribution in [0.1, 0.15) is 53.2 Å². The van der Waals surface area contributed by atoms with Crippen molar-refractivity contribution in [3.8, 4) is 0 Å². The normalized spacial score (nSPS) is 15.4. The van der Waals surface area contributed by atoms with Crippen LogP contribution in [0.15, 0.2) is 23.4 Å². The summed E-state index contributed by atoms with van der Waals surface area (Å²) in [7, 11) is 0.